The largest absolute Gasteiger partial charge is 0.366 e. The number of aromatic nitrogens is 2. The summed E-state index contributed by atoms with van der Waals surface area (Å²) in [4.78, 5) is 10.2. The molecule has 0 aliphatic carbocycles. The van der Waals surface area contributed by atoms with Crippen molar-refractivity contribution in [2.24, 2.45) is 0 Å². The summed E-state index contributed by atoms with van der Waals surface area (Å²) >= 11 is 5.02. The molecule has 0 N–H and O–H groups in total. The van der Waals surface area contributed by atoms with Crippen LogP contribution in [0.25, 0.3) is 52.8 Å². The molecule has 0 fully saturated rings. The SMILES string of the molecule is CCN1c2ccc(-c3ccc(-c4ccc(-c5ccc(-c6ccc7c(c6)C(C)CC(C)(C)N7CC)s5)c5nsnc45)s3)cc2C(C)CC1(C)C. The minimum Gasteiger partial charge on any atom is -0.366 e. The van der Waals surface area contributed by atoms with Crippen LogP contribution < -0.4 is 9.80 Å². The average Bonchev–Trinajstić information content (AvgIpc) is 3.85. The van der Waals surface area contributed by atoms with E-state index in [1.165, 1.54) is 77.7 Å². The topological polar surface area (TPSA) is 32.3 Å². The molecule has 0 amide bonds. The lowest BCUT2D eigenvalue weighted by Crippen LogP contribution is -2.48. The van der Waals surface area contributed by atoms with Gasteiger partial charge in [0.2, 0.25) is 0 Å². The van der Waals surface area contributed by atoms with Crippen LogP contribution in [0.3, 0.4) is 0 Å². The van der Waals surface area contributed by atoms with Gasteiger partial charge in [-0.1, -0.05) is 38.1 Å². The molecule has 49 heavy (non-hydrogen) atoms. The standard InChI is InChI=1S/C42H46N4S3/c1-9-45-33-15-11-27(21-31(33)25(3)23-41(45,5)6)35-17-19-37(47-35)29-13-14-30(40-39(29)43-49-44-40)38-20-18-36(48-38)28-12-16-34-32(22-28)26(4)24-42(7,8)46(34)10-2/h11-22,25-26H,9-10,23-24H2,1-8H3. The van der Waals surface area contributed by atoms with Crippen molar-refractivity contribution in [2.45, 2.75) is 91.1 Å². The van der Waals surface area contributed by atoms with Gasteiger partial charge in [-0.2, -0.15) is 8.75 Å². The second-order valence-corrected chi connectivity index (χ2v) is 18.0. The second kappa shape index (κ2) is 12.1. The van der Waals surface area contributed by atoms with Crippen molar-refractivity contribution in [3.63, 3.8) is 0 Å². The summed E-state index contributed by atoms with van der Waals surface area (Å²) in [6.45, 7) is 20.9. The summed E-state index contributed by atoms with van der Waals surface area (Å²) < 4.78 is 9.68. The van der Waals surface area contributed by atoms with Crippen LogP contribution in [0.15, 0.2) is 72.8 Å². The third-order valence-corrected chi connectivity index (χ3v) is 14.0. The molecule has 7 heteroatoms. The molecule has 0 saturated carbocycles. The minimum atomic E-state index is 0.177. The van der Waals surface area contributed by atoms with Crippen molar-refractivity contribution >= 4 is 56.8 Å². The van der Waals surface area contributed by atoms with E-state index in [2.05, 4.69) is 138 Å². The van der Waals surface area contributed by atoms with E-state index in [0.29, 0.717) is 11.8 Å². The van der Waals surface area contributed by atoms with Crippen molar-refractivity contribution < 1.29 is 0 Å². The molecule has 3 aromatic carbocycles. The van der Waals surface area contributed by atoms with Gasteiger partial charge < -0.3 is 9.80 Å². The van der Waals surface area contributed by atoms with Gasteiger partial charge in [0.1, 0.15) is 11.0 Å². The van der Waals surface area contributed by atoms with Gasteiger partial charge in [0.05, 0.1) is 11.7 Å². The van der Waals surface area contributed by atoms with Crippen LogP contribution in [-0.2, 0) is 0 Å². The fourth-order valence-electron chi connectivity index (χ4n) is 9.02. The summed E-state index contributed by atoms with van der Waals surface area (Å²) in [6.07, 6.45) is 2.34. The van der Waals surface area contributed by atoms with Gasteiger partial charge >= 0.3 is 0 Å². The van der Waals surface area contributed by atoms with E-state index < -0.39 is 0 Å². The molecule has 2 atom stereocenters. The molecule has 0 spiro atoms. The Labute approximate surface area is 303 Å². The van der Waals surface area contributed by atoms with E-state index in [1.54, 1.807) is 0 Å². The van der Waals surface area contributed by atoms with Gasteiger partial charge in [-0.25, -0.2) is 0 Å². The summed E-state index contributed by atoms with van der Waals surface area (Å²) in [7, 11) is 0. The third-order valence-electron chi connectivity index (χ3n) is 11.1. The molecule has 2 unspecified atom stereocenters. The fourth-order valence-corrected chi connectivity index (χ4v) is 11.7. The molecule has 8 rings (SSSR count). The van der Waals surface area contributed by atoms with Crippen LogP contribution >= 0.6 is 34.4 Å². The number of rotatable bonds is 6. The first-order valence-corrected chi connectivity index (χ1v) is 20.1. The number of hydrogen-bond donors (Lipinski definition) is 0. The fraction of sp³-hybridized carbons (Fsp3) is 0.381. The Morgan fingerprint density at radius 3 is 1.41 bits per heavy atom. The highest BCUT2D eigenvalue weighted by atomic mass is 32.1. The maximum absolute atomic E-state index is 4.84. The van der Waals surface area contributed by atoms with Gasteiger partial charge in [-0.05, 0) is 137 Å². The predicted octanol–water partition coefficient (Wildman–Crippen LogP) is 12.7. The van der Waals surface area contributed by atoms with Gasteiger partial charge in [0.25, 0.3) is 0 Å². The molecule has 5 heterocycles. The van der Waals surface area contributed by atoms with Gasteiger partial charge in [0, 0.05) is 66.2 Å². The molecule has 3 aromatic heterocycles. The zero-order valence-corrected chi connectivity index (χ0v) is 32.4. The maximum atomic E-state index is 4.84. The Balaban J connectivity index is 1.09. The van der Waals surface area contributed by atoms with Gasteiger partial charge in [-0.3, -0.25) is 0 Å². The number of benzene rings is 3. The highest BCUT2D eigenvalue weighted by Crippen LogP contribution is 2.48. The zero-order chi connectivity index (χ0) is 34.2. The number of anilines is 2. The quantitative estimate of drug-likeness (QED) is 0.173. The zero-order valence-electron chi connectivity index (χ0n) is 29.9. The lowest BCUT2D eigenvalue weighted by molar-refractivity contribution is 0.381. The molecule has 2 aliphatic rings. The van der Waals surface area contributed by atoms with Crippen molar-refractivity contribution in [3.05, 3.63) is 83.9 Å². The van der Waals surface area contributed by atoms with E-state index in [0.717, 1.165) is 35.2 Å². The van der Waals surface area contributed by atoms with E-state index in [9.17, 15) is 0 Å². The number of hydrogen-bond acceptors (Lipinski definition) is 7. The highest BCUT2D eigenvalue weighted by Gasteiger charge is 2.36. The number of thiophene rings is 2. The molecule has 252 valence electrons. The number of fused-ring (bicyclic) bond motifs is 3. The lowest BCUT2D eigenvalue weighted by Gasteiger charge is -2.47. The molecule has 6 aromatic rings. The van der Waals surface area contributed by atoms with Gasteiger partial charge in [-0.15, -0.1) is 22.7 Å². The van der Waals surface area contributed by atoms with E-state index >= 15 is 0 Å². The predicted molar refractivity (Wildman–Crippen MR) is 215 cm³/mol. The first-order chi connectivity index (χ1) is 23.5. The summed E-state index contributed by atoms with van der Waals surface area (Å²) in [5.41, 5.74) is 13.0. The second-order valence-electron chi connectivity index (χ2n) is 15.3. The van der Waals surface area contributed by atoms with Crippen LogP contribution in [-0.4, -0.2) is 32.9 Å². The van der Waals surface area contributed by atoms with Gasteiger partial charge in [0.15, 0.2) is 0 Å². The third kappa shape index (κ3) is 5.44. The molecule has 0 bridgehead atoms. The van der Waals surface area contributed by atoms with Crippen LogP contribution in [0.5, 0.6) is 0 Å². The van der Waals surface area contributed by atoms with E-state index in [4.69, 9.17) is 8.75 Å². The Morgan fingerprint density at radius 2 is 1.00 bits per heavy atom. The monoisotopic (exact) mass is 702 g/mol. The molecular weight excluding hydrogens is 657 g/mol. The van der Waals surface area contributed by atoms with Crippen molar-refractivity contribution in [3.8, 4) is 41.8 Å². The van der Waals surface area contributed by atoms with Crippen molar-refractivity contribution in [1.29, 1.82) is 0 Å². The van der Waals surface area contributed by atoms with Crippen LogP contribution in [0.4, 0.5) is 11.4 Å². The van der Waals surface area contributed by atoms with Crippen LogP contribution in [0.2, 0.25) is 0 Å². The smallest absolute Gasteiger partial charge is 0.114 e. The summed E-state index contributed by atoms with van der Waals surface area (Å²) in [5, 5.41) is 0. The summed E-state index contributed by atoms with van der Waals surface area (Å²) in [5.74, 6) is 1.07. The van der Waals surface area contributed by atoms with E-state index in [-0.39, 0.29) is 11.1 Å². The molecule has 0 saturated heterocycles. The summed E-state index contributed by atoms with van der Waals surface area (Å²) in [6, 6.07) is 27.8. The molecular formula is C42H46N4S3. The lowest BCUT2D eigenvalue weighted by atomic mass is 9.79. The molecule has 0 radical (unpaired) electrons. The maximum Gasteiger partial charge on any atom is 0.114 e. The van der Waals surface area contributed by atoms with Crippen molar-refractivity contribution in [1.82, 2.24) is 8.75 Å². The minimum absolute atomic E-state index is 0.177. The number of nitrogens with zero attached hydrogens (tertiary/aromatic N) is 4. The first-order valence-electron chi connectivity index (χ1n) is 17.8. The Hall–Kier alpha value is -3.52. The van der Waals surface area contributed by atoms with Crippen LogP contribution in [0, 0.1) is 0 Å². The van der Waals surface area contributed by atoms with E-state index in [1.807, 2.05) is 22.7 Å². The molecule has 2 aliphatic heterocycles. The van der Waals surface area contributed by atoms with Crippen LogP contribution in [0.1, 0.15) is 91.2 Å². The molecule has 4 nitrogen and oxygen atoms in total. The normalized spacial score (nSPS) is 19.7. The highest BCUT2D eigenvalue weighted by molar-refractivity contribution is 7.19. The van der Waals surface area contributed by atoms with Crippen molar-refractivity contribution in [2.75, 3.05) is 22.9 Å². The average molecular weight is 703 g/mol. The first kappa shape index (κ1) is 32.7. The Kier molecular flexibility index (Phi) is 8.05. The Bertz CT molecular complexity index is 2030. The Morgan fingerprint density at radius 1 is 0.592 bits per heavy atom.